The Morgan fingerprint density at radius 3 is 2.68 bits per heavy atom. The minimum atomic E-state index is -0.289. The van der Waals surface area contributed by atoms with Gasteiger partial charge in [0.25, 0.3) is 5.91 Å². The van der Waals surface area contributed by atoms with E-state index in [1.54, 1.807) is 41.7 Å². The number of carbonyl (C=O) groups excluding carboxylic acids is 2. The highest BCUT2D eigenvalue weighted by Gasteiger charge is 2.19. The van der Waals surface area contributed by atoms with Gasteiger partial charge < -0.3 is 25.2 Å². The lowest BCUT2D eigenvalue weighted by Crippen LogP contribution is -2.37. The van der Waals surface area contributed by atoms with Gasteiger partial charge in [-0.2, -0.15) is 0 Å². The molecule has 1 aromatic carbocycles. The van der Waals surface area contributed by atoms with E-state index in [1.807, 2.05) is 6.92 Å². The summed E-state index contributed by atoms with van der Waals surface area (Å²) >= 11 is 7.37. The van der Waals surface area contributed by atoms with Gasteiger partial charge in [-0.25, -0.2) is 9.78 Å². The number of nitrogens with one attached hydrogen (secondary N) is 2. The van der Waals surface area contributed by atoms with Crippen molar-refractivity contribution in [1.82, 2.24) is 20.1 Å². The Labute approximate surface area is 211 Å². The van der Waals surface area contributed by atoms with E-state index in [4.69, 9.17) is 16.3 Å². The minimum Gasteiger partial charge on any atom is -0.383 e. The summed E-state index contributed by atoms with van der Waals surface area (Å²) in [4.78, 5) is 33.9. The van der Waals surface area contributed by atoms with Crippen molar-refractivity contribution < 1.29 is 14.3 Å². The van der Waals surface area contributed by atoms with Crippen LogP contribution in [0.2, 0.25) is 5.02 Å². The van der Waals surface area contributed by atoms with Gasteiger partial charge in [0.2, 0.25) is 0 Å². The number of methoxy groups -OCH3 is 1. The first-order valence-electron chi connectivity index (χ1n) is 11.6. The van der Waals surface area contributed by atoms with Crippen LogP contribution in [0.1, 0.15) is 49.1 Å². The lowest BCUT2D eigenvalue weighted by atomic mass is 10.1. The Balaban J connectivity index is 1.92. The molecule has 2 N–H and O–H groups in total. The molecule has 2 rings (SSSR count). The van der Waals surface area contributed by atoms with Crippen molar-refractivity contribution in [2.24, 2.45) is 0 Å². The predicted molar refractivity (Wildman–Crippen MR) is 139 cm³/mol. The fourth-order valence-corrected chi connectivity index (χ4v) is 4.38. The number of aromatic nitrogens is 1. The number of hydrogen-bond donors (Lipinski definition) is 2. The van der Waals surface area contributed by atoms with Crippen LogP contribution in [0, 0.1) is 0 Å². The quantitative estimate of drug-likeness (QED) is 0.385. The monoisotopic (exact) mass is 509 g/mol. The van der Waals surface area contributed by atoms with Crippen molar-refractivity contribution in [2.75, 3.05) is 45.2 Å². The molecule has 1 unspecified atom stereocenters. The standard InChI is InChI=1S/C24H36ClN5O3S/c1-5-29(6-2)12-8-9-18(3)26-23(31)21-17-34-22(28-21)16-30(13-14-33-4)24(32)27-20-11-7-10-19(25)15-20/h7,10-11,15,17-18H,5-6,8-9,12-14,16H2,1-4H3,(H,26,31)(H,27,32). The lowest BCUT2D eigenvalue weighted by Gasteiger charge is -2.22. The van der Waals surface area contributed by atoms with Crippen LogP contribution in [0.15, 0.2) is 29.6 Å². The topological polar surface area (TPSA) is 86.8 Å². The largest absolute Gasteiger partial charge is 0.383 e. The van der Waals surface area contributed by atoms with E-state index in [9.17, 15) is 9.59 Å². The molecule has 0 spiro atoms. The highest BCUT2D eigenvalue weighted by Crippen LogP contribution is 2.17. The number of nitrogens with zero attached hydrogens (tertiary/aromatic N) is 3. The summed E-state index contributed by atoms with van der Waals surface area (Å²) in [5.74, 6) is -0.190. The molecule has 8 nitrogen and oxygen atoms in total. The summed E-state index contributed by atoms with van der Waals surface area (Å²) in [6.07, 6.45) is 1.94. The maximum Gasteiger partial charge on any atom is 0.322 e. The normalized spacial score (nSPS) is 11.9. The van der Waals surface area contributed by atoms with Crippen LogP contribution in [0.3, 0.4) is 0 Å². The van der Waals surface area contributed by atoms with Crippen LogP contribution in [-0.2, 0) is 11.3 Å². The number of rotatable bonds is 14. The van der Waals surface area contributed by atoms with Gasteiger partial charge in [0.15, 0.2) is 0 Å². The number of benzene rings is 1. The summed E-state index contributed by atoms with van der Waals surface area (Å²) in [6.45, 7) is 10.5. The zero-order valence-corrected chi connectivity index (χ0v) is 22.0. The molecule has 0 bridgehead atoms. The molecule has 1 heterocycles. The van der Waals surface area contributed by atoms with Gasteiger partial charge in [-0.05, 0) is 57.6 Å². The van der Waals surface area contributed by atoms with E-state index < -0.39 is 0 Å². The molecule has 0 saturated heterocycles. The van der Waals surface area contributed by atoms with Gasteiger partial charge in [0.05, 0.1) is 13.2 Å². The summed E-state index contributed by atoms with van der Waals surface area (Å²) in [7, 11) is 1.59. The molecule has 188 valence electrons. The number of ether oxygens (including phenoxy) is 1. The van der Waals surface area contributed by atoms with Gasteiger partial charge in [-0.1, -0.05) is 31.5 Å². The van der Waals surface area contributed by atoms with E-state index in [2.05, 4.69) is 34.4 Å². The Bertz CT molecular complexity index is 906. The Hall–Kier alpha value is -2.20. The van der Waals surface area contributed by atoms with Crippen molar-refractivity contribution >= 4 is 40.6 Å². The van der Waals surface area contributed by atoms with Crippen LogP contribution < -0.4 is 10.6 Å². The van der Waals surface area contributed by atoms with Crippen molar-refractivity contribution in [3.8, 4) is 0 Å². The fraction of sp³-hybridized carbons (Fsp3) is 0.542. The van der Waals surface area contributed by atoms with Crippen LogP contribution in [0.4, 0.5) is 10.5 Å². The van der Waals surface area contributed by atoms with E-state index in [1.165, 1.54) is 11.3 Å². The SMILES string of the molecule is CCN(CC)CCCC(C)NC(=O)c1csc(CN(CCOC)C(=O)Nc2cccc(Cl)c2)n1. The molecule has 0 saturated carbocycles. The number of anilines is 1. The van der Waals surface area contributed by atoms with Crippen LogP contribution >= 0.6 is 22.9 Å². The Kier molecular flexibility index (Phi) is 12.3. The second kappa shape index (κ2) is 14.9. The smallest absolute Gasteiger partial charge is 0.322 e. The number of urea groups is 1. The summed E-state index contributed by atoms with van der Waals surface area (Å²) in [5.41, 5.74) is 0.978. The maximum atomic E-state index is 12.8. The van der Waals surface area contributed by atoms with Gasteiger partial charge in [0, 0.05) is 35.8 Å². The number of thiazole rings is 1. The second-order valence-corrected chi connectivity index (χ2v) is 9.40. The first-order valence-corrected chi connectivity index (χ1v) is 12.9. The van der Waals surface area contributed by atoms with Crippen molar-refractivity contribution in [3.05, 3.63) is 45.4 Å². The summed E-state index contributed by atoms with van der Waals surface area (Å²) in [6, 6.07) is 6.75. The molecule has 0 aliphatic rings. The molecule has 0 radical (unpaired) electrons. The zero-order valence-electron chi connectivity index (χ0n) is 20.5. The van der Waals surface area contributed by atoms with Crippen molar-refractivity contribution in [2.45, 2.75) is 46.2 Å². The average Bonchev–Trinajstić information content (AvgIpc) is 3.28. The van der Waals surface area contributed by atoms with Gasteiger partial charge in [-0.15, -0.1) is 11.3 Å². The maximum absolute atomic E-state index is 12.8. The number of hydrogen-bond acceptors (Lipinski definition) is 6. The summed E-state index contributed by atoms with van der Waals surface area (Å²) < 4.78 is 5.15. The number of amides is 3. The molecule has 0 fully saturated rings. The third-order valence-electron chi connectivity index (χ3n) is 5.42. The van der Waals surface area contributed by atoms with E-state index >= 15 is 0 Å². The third-order valence-corrected chi connectivity index (χ3v) is 6.49. The lowest BCUT2D eigenvalue weighted by molar-refractivity contribution is 0.0932. The number of carbonyl (C=O) groups is 2. The molecular formula is C24H36ClN5O3S. The molecule has 0 aliphatic carbocycles. The first-order chi connectivity index (χ1) is 16.4. The molecule has 3 amide bonds. The molecule has 1 atom stereocenters. The molecule has 10 heteroatoms. The zero-order chi connectivity index (χ0) is 24.9. The van der Waals surface area contributed by atoms with Crippen LogP contribution in [-0.4, -0.2) is 72.7 Å². The van der Waals surface area contributed by atoms with Crippen LogP contribution in [0.5, 0.6) is 0 Å². The Morgan fingerprint density at radius 2 is 2.00 bits per heavy atom. The molecule has 0 aliphatic heterocycles. The number of halogens is 1. The van der Waals surface area contributed by atoms with E-state index in [0.29, 0.717) is 34.6 Å². The highest BCUT2D eigenvalue weighted by molar-refractivity contribution is 7.09. The molecule has 2 aromatic rings. The molecule has 1 aromatic heterocycles. The highest BCUT2D eigenvalue weighted by atomic mass is 35.5. The molecule has 34 heavy (non-hydrogen) atoms. The second-order valence-electron chi connectivity index (χ2n) is 8.02. The third kappa shape index (κ3) is 9.58. The van der Waals surface area contributed by atoms with Crippen LogP contribution in [0.25, 0.3) is 0 Å². The van der Waals surface area contributed by atoms with Gasteiger partial charge >= 0.3 is 6.03 Å². The average molecular weight is 510 g/mol. The molecular weight excluding hydrogens is 474 g/mol. The van der Waals surface area contributed by atoms with E-state index in [-0.39, 0.29) is 24.5 Å². The summed E-state index contributed by atoms with van der Waals surface area (Å²) in [5, 5.41) is 8.82. The predicted octanol–water partition coefficient (Wildman–Crippen LogP) is 4.72. The van der Waals surface area contributed by atoms with Gasteiger partial charge in [-0.3, -0.25) is 4.79 Å². The van der Waals surface area contributed by atoms with Crippen molar-refractivity contribution in [3.63, 3.8) is 0 Å². The Morgan fingerprint density at radius 1 is 1.24 bits per heavy atom. The fourth-order valence-electron chi connectivity index (χ4n) is 3.40. The van der Waals surface area contributed by atoms with E-state index in [0.717, 1.165) is 32.5 Å². The minimum absolute atomic E-state index is 0.0647. The van der Waals surface area contributed by atoms with Crippen molar-refractivity contribution in [1.29, 1.82) is 0 Å². The van der Waals surface area contributed by atoms with Gasteiger partial charge in [0.1, 0.15) is 10.7 Å². The first kappa shape index (κ1) is 28.0.